The van der Waals surface area contributed by atoms with Crippen molar-refractivity contribution in [1.29, 1.82) is 0 Å². The summed E-state index contributed by atoms with van der Waals surface area (Å²) < 4.78 is 21.9. The molecule has 2 N–H and O–H groups in total. The van der Waals surface area contributed by atoms with E-state index in [0.717, 1.165) is 6.42 Å². The minimum atomic E-state index is -1.54. The molecule has 1 rings (SSSR count). The van der Waals surface area contributed by atoms with Crippen molar-refractivity contribution in [3.8, 4) is 11.5 Å². The molecule has 226 valence electrons. The number of carbonyl (C=O) groups excluding carboxylic acids is 4. The van der Waals surface area contributed by atoms with E-state index in [4.69, 9.17) is 24.7 Å². The topological polar surface area (TPSA) is 131 Å². The van der Waals surface area contributed by atoms with Crippen LogP contribution in [0.1, 0.15) is 100.0 Å². The van der Waals surface area contributed by atoms with E-state index in [0.29, 0.717) is 18.4 Å². The van der Waals surface area contributed by atoms with Gasteiger partial charge in [0, 0.05) is 19.3 Å². The molecule has 0 spiro atoms. The Morgan fingerprint density at radius 2 is 1.38 bits per heavy atom. The third kappa shape index (κ3) is 9.91. The van der Waals surface area contributed by atoms with Gasteiger partial charge in [0.05, 0.1) is 17.9 Å². The van der Waals surface area contributed by atoms with Crippen LogP contribution in [0.4, 0.5) is 0 Å². The zero-order valence-corrected chi connectivity index (χ0v) is 26.0. The molecule has 0 aliphatic heterocycles. The molecular weight excluding hydrogens is 514 g/mol. The maximum atomic E-state index is 12.9. The Kier molecular flexibility index (Phi) is 12.8. The van der Waals surface area contributed by atoms with Crippen molar-refractivity contribution in [1.82, 2.24) is 0 Å². The highest BCUT2D eigenvalue weighted by Crippen LogP contribution is 2.35. The number of ether oxygens (including phenoxy) is 4. The first-order valence-corrected chi connectivity index (χ1v) is 14.1. The van der Waals surface area contributed by atoms with Crippen LogP contribution in [0.15, 0.2) is 18.2 Å². The maximum Gasteiger partial charge on any atom is 0.326 e. The highest BCUT2D eigenvalue weighted by atomic mass is 16.6. The largest absolute Gasteiger partial charge is 0.468 e. The molecule has 1 aromatic rings. The van der Waals surface area contributed by atoms with E-state index in [-0.39, 0.29) is 42.6 Å². The SMILES string of the molecule is CCC(C)CC(=O)O[C@@H](C)CC(N)(Cc1ccc(OC(=O)C(C)(C)CC)c(OC(=O)C(C)(C)CC)c1)C(=O)OC. The number of carbonyl (C=O) groups is 4. The zero-order chi connectivity index (χ0) is 30.9. The van der Waals surface area contributed by atoms with Crippen molar-refractivity contribution >= 4 is 23.9 Å². The highest BCUT2D eigenvalue weighted by molar-refractivity contribution is 5.82. The van der Waals surface area contributed by atoms with Crippen molar-refractivity contribution < 1.29 is 38.1 Å². The normalized spacial score (nSPS) is 14.9. The Hall–Kier alpha value is -2.94. The summed E-state index contributed by atoms with van der Waals surface area (Å²) in [5.74, 6) is -1.69. The van der Waals surface area contributed by atoms with Crippen LogP contribution in [0, 0.1) is 16.7 Å². The summed E-state index contributed by atoms with van der Waals surface area (Å²) in [6.07, 6.45) is 1.54. The lowest BCUT2D eigenvalue weighted by Gasteiger charge is -2.30. The fraction of sp³-hybridized carbons (Fsp3) is 0.677. The summed E-state index contributed by atoms with van der Waals surface area (Å²) in [5, 5.41) is 0. The van der Waals surface area contributed by atoms with Crippen molar-refractivity contribution in [2.75, 3.05) is 7.11 Å². The fourth-order valence-electron chi connectivity index (χ4n) is 3.64. The summed E-state index contributed by atoms with van der Waals surface area (Å²) in [7, 11) is 1.24. The van der Waals surface area contributed by atoms with Crippen LogP contribution in [0.25, 0.3) is 0 Å². The molecule has 0 saturated carbocycles. The van der Waals surface area contributed by atoms with Gasteiger partial charge in [-0.05, 0) is 71.1 Å². The number of benzene rings is 1. The second-order valence-corrected chi connectivity index (χ2v) is 12.1. The minimum Gasteiger partial charge on any atom is -0.468 e. The lowest BCUT2D eigenvalue weighted by Crippen LogP contribution is -2.53. The van der Waals surface area contributed by atoms with Crippen LogP contribution in [0.5, 0.6) is 11.5 Å². The number of methoxy groups -OCH3 is 1. The van der Waals surface area contributed by atoms with E-state index >= 15 is 0 Å². The van der Waals surface area contributed by atoms with E-state index in [9.17, 15) is 19.2 Å². The predicted molar refractivity (Wildman–Crippen MR) is 153 cm³/mol. The van der Waals surface area contributed by atoms with Crippen LogP contribution < -0.4 is 15.2 Å². The molecule has 2 unspecified atom stereocenters. The zero-order valence-electron chi connectivity index (χ0n) is 26.0. The van der Waals surface area contributed by atoms with Gasteiger partial charge in [0.1, 0.15) is 11.6 Å². The number of esters is 4. The third-order valence-electron chi connectivity index (χ3n) is 7.59. The first kappa shape index (κ1) is 35.1. The molecule has 3 atom stereocenters. The van der Waals surface area contributed by atoms with E-state index < -0.39 is 40.4 Å². The van der Waals surface area contributed by atoms with Crippen LogP contribution in [0.3, 0.4) is 0 Å². The summed E-state index contributed by atoms with van der Waals surface area (Å²) in [5.41, 5.74) is 4.03. The molecular formula is C31H49NO8. The summed E-state index contributed by atoms with van der Waals surface area (Å²) in [6, 6.07) is 4.71. The molecule has 40 heavy (non-hydrogen) atoms. The van der Waals surface area contributed by atoms with Crippen LogP contribution in [0.2, 0.25) is 0 Å². The molecule has 9 nitrogen and oxygen atoms in total. The van der Waals surface area contributed by atoms with E-state index in [1.807, 2.05) is 27.7 Å². The van der Waals surface area contributed by atoms with Gasteiger partial charge in [-0.3, -0.25) is 19.2 Å². The molecule has 0 aliphatic rings. The number of rotatable bonds is 15. The number of hydrogen-bond donors (Lipinski definition) is 1. The van der Waals surface area contributed by atoms with E-state index in [2.05, 4.69) is 0 Å². The standard InChI is InChI=1S/C31H49NO8/c1-11-20(4)16-25(33)38-21(5)18-31(32,28(36)37-10)19-22-14-15-23(39-26(34)29(6,7)12-2)24(17-22)40-27(35)30(8,9)13-3/h14-15,17,20-21H,11-13,16,18-19,32H2,1-10H3/t20?,21-,31?/m0/s1. The first-order chi connectivity index (χ1) is 18.4. The molecule has 0 aromatic heterocycles. The molecule has 0 amide bonds. The Labute approximate surface area is 239 Å². The first-order valence-electron chi connectivity index (χ1n) is 14.1. The molecule has 0 bridgehead atoms. The van der Waals surface area contributed by atoms with Crippen molar-refractivity contribution in [3.63, 3.8) is 0 Å². The van der Waals surface area contributed by atoms with Crippen molar-refractivity contribution in [2.45, 2.75) is 112 Å². The van der Waals surface area contributed by atoms with Crippen LogP contribution in [-0.2, 0) is 35.1 Å². The van der Waals surface area contributed by atoms with Crippen molar-refractivity contribution in [3.05, 3.63) is 23.8 Å². The lowest BCUT2D eigenvalue weighted by atomic mass is 9.86. The number of hydrogen-bond acceptors (Lipinski definition) is 9. The smallest absolute Gasteiger partial charge is 0.326 e. The van der Waals surface area contributed by atoms with E-state index in [1.54, 1.807) is 40.7 Å². The second kappa shape index (κ2) is 14.6. The van der Waals surface area contributed by atoms with Gasteiger partial charge in [0.2, 0.25) is 0 Å². The Bertz CT molecular complexity index is 1050. The van der Waals surface area contributed by atoms with Crippen LogP contribution >= 0.6 is 0 Å². The summed E-state index contributed by atoms with van der Waals surface area (Å²) in [6.45, 7) is 16.4. The quantitative estimate of drug-likeness (QED) is 0.216. The van der Waals surface area contributed by atoms with Gasteiger partial charge in [-0.2, -0.15) is 0 Å². The molecule has 0 aliphatic carbocycles. The average molecular weight is 564 g/mol. The molecule has 1 aromatic carbocycles. The fourth-order valence-corrected chi connectivity index (χ4v) is 3.64. The monoisotopic (exact) mass is 563 g/mol. The summed E-state index contributed by atoms with van der Waals surface area (Å²) in [4.78, 5) is 50.9. The highest BCUT2D eigenvalue weighted by Gasteiger charge is 2.39. The van der Waals surface area contributed by atoms with Gasteiger partial charge in [0.25, 0.3) is 0 Å². The maximum absolute atomic E-state index is 12.9. The van der Waals surface area contributed by atoms with Gasteiger partial charge in [-0.25, -0.2) is 0 Å². The molecule has 9 heteroatoms. The van der Waals surface area contributed by atoms with Gasteiger partial charge >= 0.3 is 23.9 Å². The van der Waals surface area contributed by atoms with E-state index in [1.165, 1.54) is 19.2 Å². The Balaban J connectivity index is 3.36. The Morgan fingerprint density at radius 1 is 0.850 bits per heavy atom. The average Bonchev–Trinajstić information content (AvgIpc) is 2.88. The number of nitrogens with two attached hydrogens (primary N) is 1. The van der Waals surface area contributed by atoms with Crippen LogP contribution in [-0.4, -0.2) is 42.6 Å². The minimum absolute atomic E-state index is 0.00529. The predicted octanol–water partition coefficient (Wildman–Crippen LogP) is 5.54. The van der Waals surface area contributed by atoms with Gasteiger partial charge in [-0.15, -0.1) is 0 Å². The molecule has 0 fully saturated rings. The molecule has 0 saturated heterocycles. The summed E-state index contributed by atoms with van der Waals surface area (Å²) >= 11 is 0. The Morgan fingerprint density at radius 3 is 1.85 bits per heavy atom. The van der Waals surface area contributed by atoms with Gasteiger partial charge in [-0.1, -0.05) is 40.2 Å². The lowest BCUT2D eigenvalue weighted by molar-refractivity contribution is -0.155. The third-order valence-corrected chi connectivity index (χ3v) is 7.59. The molecule has 0 radical (unpaired) electrons. The second-order valence-electron chi connectivity index (χ2n) is 12.1. The van der Waals surface area contributed by atoms with Gasteiger partial charge in [0.15, 0.2) is 11.5 Å². The van der Waals surface area contributed by atoms with Gasteiger partial charge < -0.3 is 24.7 Å². The van der Waals surface area contributed by atoms with Crippen molar-refractivity contribution in [2.24, 2.45) is 22.5 Å². The molecule has 0 heterocycles.